The lowest BCUT2D eigenvalue weighted by Crippen LogP contribution is -2.66. The van der Waals surface area contributed by atoms with Gasteiger partial charge in [0.05, 0.1) is 24.9 Å². The molecule has 214 valence electrons. The van der Waals surface area contributed by atoms with Crippen LogP contribution < -0.4 is 20.1 Å². The van der Waals surface area contributed by atoms with Gasteiger partial charge in [-0.1, -0.05) is 39.0 Å². The summed E-state index contributed by atoms with van der Waals surface area (Å²) in [5, 5.41) is 12.7. The molecule has 3 aromatic rings. The maximum Gasteiger partial charge on any atom is 0.278 e. The molecule has 0 aliphatic carbocycles. The molecule has 0 saturated carbocycles. The Balaban J connectivity index is 1.56. The van der Waals surface area contributed by atoms with E-state index in [0.717, 1.165) is 17.3 Å². The van der Waals surface area contributed by atoms with E-state index in [4.69, 9.17) is 9.47 Å². The number of amides is 1. The van der Waals surface area contributed by atoms with E-state index >= 15 is 4.39 Å². The number of para-hydroxylation sites is 1. The quantitative estimate of drug-likeness (QED) is 0.484. The van der Waals surface area contributed by atoms with Crippen LogP contribution in [0.3, 0.4) is 0 Å². The number of pyridine rings is 1. The maximum absolute atomic E-state index is 15.9. The molecule has 1 amide bonds. The van der Waals surface area contributed by atoms with Crippen molar-refractivity contribution in [2.24, 2.45) is 5.41 Å². The van der Waals surface area contributed by atoms with Gasteiger partial charge in [-0.25, -0.2) is 8.78 Å². The molecule has 1 aromatic heterocycles. The van der Waals surface area contributed by atoms with Crippen molar-refractivity contribution in [3.63, 3.8) is 0 Å². The predicted molar refractivity (Wildman–Crippen MR) is 146 cm³/mol. The Kier molecular flexibility index (Phi) is 5.63. The summed E-state index contributed by atoms with van der Waals surface area (Å²) in [6, 6.07) is 8.60. The van der Waals surface area contributed by atoms with Crippen LogP contribution in [0.25, 0.3) is 0 Å². The summed E-state index contributed by atoms with van der Waals surface area (Å²) in [4.78, 5) is 29.8. The van der Waals surface area contributed by atoms with Crippen LogP contribution in [0.5, 0.6) is 11.5 Å². The van der Waals surface area contributed by atoms with Crippen molar-refractivity contribution >= 4 is 11.6 Å². The minimum Gasteiger partial charge on any atom is -0.502 e. The van der Waals surface area contributed by atoms with Crippen molar-refractivity contribution in [3.8, 4) is 11.5 Å². The van der Waals surface area contributed by atoms with E-state index in [-0.39, 0.29) is 49.0 Å². The van der Waals surface area contributed by atoms with Gasteiger partial charge in [0.1, 0.15) is 24.6 Å². The third kappa shape index (κ3) is 3.67. The average Bonchev–Trinajstić information content (AvgIpc) is 3.09. The fourth-order valence-electron chi connectivity index (χ4n) is 6.68. The van der Waals surface area contributed by atoms with Crippen molar-refractivity contribution in [2.75, 3.05) is 36.3 Å². The molecule has 1 fully saturated rings. The van der Waals surface area contributed by atoms with Gasteiger partial charge in [-0.3, -0.25) is 19.3 Å². The predicted octanol–water partition coefficient (Wildman–Crippen LogP) is 3.50. The number of aromatic hydroxyl groups is 1. The first-order valence-electron chi connectivity index (χ1n) is 13.7. The van der Waals surface area contributed by atoms with Gasteiger partial charge in [0, 0.05) is 36.5 Å². The highest BCUT2D eigenvalue weighted by Gasteiger charge is 2.48. The lowest BCUT2D eigenvalue weighted by molar-refractivity contribution is -0.0197. The number of anilines is 1. The van der Waals surface area contributed by atoms with Crippen LogP contribution in [0.15, 0.2) is 47.4 Å². The highest BCUT2D eigenvalue weighted by molar-refractivity contribution is 5.96. The monoisotopic (exact) mass is 564 g/mol. The number of nitrogens with zero attached hydrogens (tertiary/aromatic N) is 4. The Morgan fingerprint density at radius 3 is 2.59 bits per heavy atom. The van der Waals surface area contributed by atoms with Gasteiger partial charge < -0.3 is 24.4 Å². The van der Waals surface area contributed by atoms with Gasteiger partial charge in [-0.15, -0.1) is 0 Å². The van der Waals surface area contributed by atoms with Crippen LogP contribution in [-0.2, 0) is 11.3 Å². The first-order chi connectivity index (χ1) is 19.6. The SMILES string of the molecule is CC(C)(C)[C@H]1COc2cccc3c2N1Cc1c(ccc(F)c1F)C3N1C2COCCN2C(=O)c2c(O)c(=O)ccn21. The Morgan fingerprint density at radius 1 is 1.00 bits per heavy atom. The summed E-state index contributed by atoms with van der Waals surface area (Å²) in [5.41, 5.74) is 1.07. The van der Waals surface area contributed by atoms with Crippen molar-refractivity contribution in [2.45, 2.75) is 45.6 Å². The van der Waals surface area contributed by atoms with E-state index in [0.29, 0.717) is 17.9 Å². The van der Waals surface area contributed by atoms with Crippen LogP contribution >= 0.6 is 0 Å². The Labute approximate surface area is 235 Å². The molecule has 4 aliphatic heterocycles. The number of hydrogen-bond donors (Lipinski definition) is 1. The molecule has 41 heavy (non-hydrogen) atoms. The first kappa shape index (κ1) is 25.8. The van der Waals surface area contributed by atoms with E-state index in [9.17, 15) is 19.1 Å². The second-order valence-corrected chi connectivity index (χ2v) is 12.0. The van der Waals surface area contributed by atoms with E-state index < -0.39 is 40.9 Å². The molecule has 1 saturated heterocycles. The second-order valence-electron chi connectivity index (χ2n) is 12.0. The van der Waals surface area contributed by atoms with Crippen molar-refractivity contribution in [3.05, 3.63) is 86.8 Å². The van der Waals surface area contributed by atoms with E-state index in [1.807, 2.05) is 23.2 Å². The number of hydrogen-bond acceptors (Lipinski definition) is 7. The van der Waals surface area contributed by atoms with E-state index in [1.54, 1.807) is 11.0 Å². The average molecular weight is 565 g/mol. The summed E-state index contributed by atoms with van der Waals surface area (Å²) in [6.45, 7) is 7.38. The van der Waals surface area contributed by atoms with Gasteiger partial charge in [0.25, 0.3) is 5.91 Å². The van der Waals surface area contributed by atoms with Crippen LogP contribution in [0.2, 0.25) is 0 Å². The summed E-state index contributed by atoms with van der Waals surface area (Å²) in [5.74, 6) is -2.44. The second kappa shape index (κ2) is 8.94. The summed E-state index contributed by atoms with van der Waals surface area (Å²) >= 11 is 0. The topological polar surface area (TPSA) is 87.5 Å². The molecule has 2 unspecified atom stereocenters. The number of halogens is 2. The number of fused-ring (bicyclic) bond motifs is 3. The van der Waals surface area contributed by atoms with Crippen LogP contribution in [0.4, 0.5) is 14.5 Å². The van der Waals surface area contributed by atoms with E-state index in [2.05, 4.69) is 25.7 Å². The Morgan fingerprint density at radius 2 is 1.80 bits per heavy atom. The van der Waals surface area contributed by atoms with E-state index in [1.165, 1.54) is 16.9 Å². The number of aromatic nitrogens is 1. The number of carbonyl (C=O) groups is 1. The van der Waals surface area contributed by atoms with Gasteiger partial charge in [-0.05, 0) is 23.1 Å². The zero-order valence-electron chi connectivity index (χ0n) is 22.9. The molecule has 0 radical (unpaired) electrons. The molecular weight excluding hydrogens is 534 g/mol. The number of morpholine rings is 1. The molecule has 2 aromatic carbocycles. The standard InChI is InChI=1S/C30H30F2N4O5/c1-30(2,3)22-14-41-21-6-4-5-17-25(16-7-8-19(31)24(32)18(16)13-34(22)26(17)21)36-23-15-40-12-11-33(23)29(39)27-28(38)20(37)9-10-35(27)36/h4-10,22-23,25,38H,11-15H2,1-3H3/t22-,23?,25?/m1/s1. The normalized spacial score (nSPS) is 23.2. The highest BCUT2D eigenvalue weighted by atomic mass is 19.2. The molecule has 0 bridgehead atoms. The van der Waals surface area contributed by atoms with Crippen LogP contribution in [0.1, 0.15) is 54.0 Å². The third-order valence-corrected chi connectivity index (χ3v) is 8.68. The lowest BCUT2D eigenvalue weighted by atomic mass is 9.84. The molecule has 9 nitrogen and oxygen atoms in total. The first-order valence-corrected chi connectivity index (χ1v) is 13.7. The van der Waals surface area contributed by atoms with Crippen molar-refractivity contribution in [1.29, 1.82) is 0 Å². The summed E-state index contributed by atoms with van der Waals surface area (Å²) in [6.07, 6.45) is 0.773. The number of carbonyl (C=O) groups excluding carboxylic acids is 1. The van der Waals surface area contributed by atoms with Crippen LogP contribution in [-0.4, -0.2) is 59.2 Å². The fourth-order valence-corrected chi connectivity index (χ4v) is 6.68. The number of benzene rings is 2. The minimum atomic E-state index is -0.951. The van der Waals surface area contributed by atoms with Gasteiger partial charge >= 0.3 is 0 Å². The molecule has 11 heteroatoms. The molecular formula is C30H30F2N4O5. The zero-order chi connectivity index (χ0) is 28.8. The largest absolute Gasteiger partial charge is 0.502 e. The summed E-state index contributed by atoms with van der Waals surface area (Å²) in [7, 11) is 0. The van der Waals surface area contributed by atoms with Crippen LogP contribution in [0, 0.1) is 17.0 Å². The molecule has 7 rings (SSSR count). The van der Waals surface area contributed by atoms with Gasteiger partial charge in [0.2, 0.25) is 5.43 Å². The zero-order valence-corrected chi connectivity index (χ0v) is 22.9. The Hall–Kier alpha value is -4.12. The molecule has 5 heterocycles. The summed E-state index contributed by atoms with van der Waals surface area (Å²) < 4.78 is 44.3. The van der Waals surface area contributed by atoms with Crippen molar-refractivity contribution in [1.82, 2.24) is 9.58 Å². The third-order valence-electron chi connectivity index (χ3n) is 8.68. The van der Waals surface area contributed by atoms with Crippen molar-refractivity contribution < 1.29 is 28.2 Å². The minimum absolute atomic E-state index is 0.102. The Bertz CT molecular complexity index is 1650. The molecule has 4 aliphatic rings. The highest BCUT2D eigenvalue weighted by Crippen LogP contribution is 2.50. The van der Waals surface area contributed by atoms with Gasteiger partial charge in [-0.2, -0.15) is 0 Å². The van der Waals surface area contributed by atoms with Gasteiger partial charge in [0.15, 0.2) is 23.1 Å². The fraction of sp³-hybridized carbons (Fsp3) is 0.400. The molecule has 0 spiro atoms. The smallest absolute Gasteiger partial charge is 0.278 e. The number of rotatable bonds is 1. The molecule has 3 atom stereocenters. The number of ether oxygens (including phenoxy) is 2. The lowest BCUT2D eigenvalue weighted by Gasteiger charge is -2.51. The maximum atomic E-state index is 15.9. The molecule has 1 N–H and O–H groups in total.